The molecular weight excluding hydrogens is 368 g/mol. The minimum atomic E-state index is -0.952. The number of hydrogen-bond acceptors (Lipinski definition) is 4. The molecule has 0 heterocycles. The van der Waals surface area contributed by atoms with Crippen molar-refractivity contribution < 1.29 is 19.1 Å². The summed E-state index contributed by atoms with van der Waals surface area (Å²) in [4.78, 5) is 37.2. The molecule has 6 heteroatoms. The highest BCUT2D eigenvalue weighted by molar-refractivity contribution is 5.91. The van der Waals surface area contributed by atoms with Crippen LogP contribution in [0.25, 0.3) is 0 Å². The van der Waals surface area contributed by atoms with Crippen LogP contribution in [0.3, 0.4) is 0 Å². The van der Waals surface area contributed by atoms with Gasteiger partial charge in [0, 0.05) is 12.8 Å². The van der Waals surface area contributed by atoms with E-state index in [0.29, 0.717) is 0 Å². The van der Waals surface area contributed by atoms with Crippen LogP contribution in [0.1, 0.15) is 37.8 Å². The molecule has 0 bridgehead atoms. The first-order chi connectivity index (χ1) is 13.8. The molecule has 6 nitrogen and oxygen atoms in total. The summed E-state index contributed by atoms with van der Waals surface area (Å²) in [6.45, 7) is 5.02. The number of esters is 1. The average Bonchev–Trinajstić information content (AvgIpc) is 2.72. The van der Waals surface area contributed by atoms with Gasteiger partial charge in [0.2, 0.25) is 11.8 Å². The molecule has 0 radical (unpaired) electrons. The molecule has 29 heavy (non-hydrogen) atoms. The molecule has 0 unspecified atom stereocenters. The van der Waals surface area contributed by atoms with E-state index in [9.17, 15) is 14.4 Å². The van der Waals surface area contributed by atoms with Gasteiger partial charge in [-0.25, -0.2) is 4.79 Å². The Morgan fingerprint density at radius 3 is 1.66 bits per heavy atom. The normalized spacial score (nSPS) is 12.9. The van der Waals surface area contributed by atoms with Crippen LogP contribution >= 0.6 is 0 Å². The molecule has 0 saturated carbocycles. The molecule has 0 aliphatic carbocycles. The molecule has 2 amide bonds. The van der Waals surface area contributed by atoms with Crippen LogP contribution in [0.4, 0.5) is 0 Å². The Kier molecular flexibility index (Phi) is 7.95. The van der Waals surface area contributed by atoms with Gasteiger partial charge in [-0.2, -0.15) is 0 Å². The lowest BCUT2D eigenvalue weighted by molar-refractivity contribution is -0.146. The van der Waals surface area contributed by atoms with E-state index in [1.54, 1.807) is 0 Å². The highest BCUT2D eigenvalue weighted by atomic mass is 16.5. The van der Waals surface area contributed by atoms with Crippen molar-refractivity contribution in [1.29, 1.82) is 0 Å². The summed E-state index contributed by atoms with van der Waals surface area (Å²) in [6.07, 6.45) is 0. The number of carbonyl (C=O) groups is 3. The van der Waals surface area contributed by atoms with Gasteiger partial charge >= 0.3 is 5.97 Å². The molecule has 154 valence electrons. The van der Waals surface area contributed by atoms with Gasteiger partial charge in [-0.05, 0) is 17.0 Å². The molecule has 2 aromatic rings. The topological polar surface area (TPSA) is 84.5 Å². The molecule has 2 rings (SSSR count). The van der Waals surface area contributed by atoms with E-state index in [1.807, 2.05) is 74.5 Å². The highest BCUT2D eigenvalue weighted by Gasteiger charge is 2.35. The summed E-state index contributed by atoms with van der Waals surface area (Å²) in [5.41, 5.74) is 1.74. The predicted octanol–water partition coefficient (Wildman–Crippen LogP) is 2.64. The molecule has 0 aliphatic rings. The second-order valence-corrected chi connectivity index (χ2v) is 7.23. The number of benzene rings is 2. The maximum absolute atomic E-state index is 13.0. The van der Waals surface area contributed by atoms with Crippen molar-refractivity contribution >= 4 is 17.8 Å². The molecular formula is C23H28N2O4. The van der Waals surface area contributed by atoms with Crippen LogP contribution in [-0.4, -0.2) is 37.0 Å². The third-order valence-electron chi connectivity index (χ3n) is 4.71. The van der Waals surface area contributed by atoms with Crippen LogP contribution in [0.2, 0.25) is 0 Å². The molecule has 2 N–H and O–H groups in total. The maximum atomic E-state index is 13.0. The Morgan fingerprint density at radius 2 is 1.28 bits per heavy atom. The second kappa shape index (κ2) is 10.4. The number of hydrogen-bond donors (Lipinski definition) is 2. The Balaban J connectivity index is 2.45. The molecule has 0 saturated heterocycles. The van der Waals surface area contributed by atoms with Gasteiger partial charge in [-0.15, -0.1) is 0 Å². The van der Waals surface area contributed by atoms with Crippen LogP contribution < -0.4 is 10.6 Å². The average molecular weight is 396 g/mol. The standard InChI is InChI=1S/C23H28N2O4/c1-15(2)20(24-16(3)26)22(27)25-21(23(28)29-4)19(17-11-7-5-8-12-17)18-13-9-6-10-14-18/h5-15,19-21H,1-4H3,(H,24,26)(H,25,27)/t20-,21-/m1/s1. The fourth-order valence-electron chi connectivity index (χ4n) is 3.30. The number of carbonyl (C=O) groups excluding carboxylic acids is 3. The fourth-order valence-corrected chi connectivity index (χ4v) is 3.30. The minimum Gasteiger partial charge on any atom is -0.467 e. The number of rotatable bonds is 8. The zero-order chi connectivity index (χ0) is 21.4. The first-order valence-electron chi connectivity index (χ1n) is 9.60. The number of amides is 2. The van der Waals surface area contributed by atoms with Crippen molar-refractivity contribution in [2.45, 2.75) is 38.8 Å². The van der Waals surface area contributed by atoms with Gasteiger partial charge in [0.25, 0.3) is 0 Å². The van der Waals surface area contributed by atoms with Gasteiger partial charge in [-0.1, -0.05) is 74.5 Å². The Labute approximate surface area is 171 Å². The number of ether oxygens (including phenoxy) is 1. The summed E-state index contributed by atoms with van der Waals surface area (Å²) < 4.78 is 5.02. The summed E-state index contributed by atoms with van der Waals surface area (Å²) in [5, 5.41) is 5.48. The monoisotopic (exact) mass is 396 g/mol. The SMILES string of the molecule is COC(=O)[C@H](NC(=O)[C@H](NC(C)=O)C(C)C)C(c1ccccc1)c1ccccc1. The number of nitrogens with one attached hydrogen (secondary N) is 2. The van der Waals surface area contributed by atoms with Gasteiger partial charge in [0.15, 0.2) is 0 Å². The summed E-state index contributed by atoms with van der Waals surface area (Å²) in [6, 6.07) is 17.3. The van der Waals surface area contributed by atoms with Crippen LogP contribution in [0, 0.1) is 5.92 Å². The molecule has 0 fully saturated rings. The van der Waals surface area contributed by atoms with E-state index < -0.39 is 29.9 Å². The van der Waals surface area contributed by atoms with E-state index in [1.165, 1.54) is 14.0 Å². The zero-order valence-electron chi connectivity index (χ0n) is 17.2. The van der Waals surface area contributed by atoms with Crippen molar-refractivity contribution in [1.82, 2.24) is 10.6 Å². The lowest BCUT2D eigenvalue weighted by atomic mass is 9.84. The van der Waals surface area contributed by atoms with E-state index in [-0.39, 0.29) is 11.8 Å². The quantitative estimate of drug-likeness (QED) is 0.672. The Hall–Kier alpha value is -3.15. The second-order valence-electron chi connectivity index (χ2n) is 7.23. The number of methoxy groups -OCH3 is 1. The van der Waals surface area contributed by atoms with Crippen LogP contribution in [0.5, 0.6) is 0 Å². The lowest BCUT2D eigenvalue weighted by Gasteiger charge is -2.29. The maximum Gasteiger partial charge on any atom is 0.329 e. The Bertz CT molecular complexity index is 782. The summed E-state index contributed by atoms with van der Waals surface area (Å²) >= 11 is 0. The van der Waals surface area contributed by atoms with Crippen molar-refractivity contribution in [2.75, 3.05) is 7.11 Å². The molecule has 2 atom stereocenters. The molecule has 0 spiro atoms. The van der Waals surface area contributed by atoms with Gasteiger partial charge in [0.1, 0.15) is 12.1 Å². The predicted molar refractivity (Wildman–Crippen MR) is 111 cm³/mol. The molecule has 0 aliphatic heterocycles. The lowest BCUT2D eigenvalue weighted by Crippen LogP contribution is -2.55. The van der Waals surface area contributed by atoms with E-state index in [0.717, 1.165) is 11.1 Å². The van der Waals surface area contributed by atoms with Crippen molar-refractivity contribution in [3.05, 3.63) is 71.8 Å². The molecule has 0 aromatic heterocycles. The van der Waals surface area contributed by atoms with Gasteiger partial charge < -0.3 is 15.4 Å². The largest absolute Gasteiger partial charge is 0.467 e. The van der Waals surface area contributed by atoms with E-state index in [2.05, 4.69) is 10.6 Å². The third kappa shape index (κ3) is 5.91. The first kappa shape index (κ1) is 22.1. The summed E-state index contributed by atoms with van der Waals surface area (Å²) in [5.74, 6) is -1.89. The highest BCUT2D eigenvalue weighted by Crippen LogP contribution is 2.29. The van der Waals surface area contributed by atoms with E-state index in [4.69, 9.17) is 4.74 Å². The minimum absolute atomic E-state index is 0.149. The fraction of sp³-hybridized carbons (Fsp3) is 0.348. The Morgan fingerprint density at radius 1 is 0.793 bits per heavy atom. The van der Waals surface area contributed by atoms with Crippen molar-refractivity contribution in [2.24, 2.45) is 5.92 Å². The zero-order valence-corrected chi connectivity index (χ0v) is 17.2. The van der Waals surface area contributed by atoms with Crippen molar-refractivity contribution in [3.8, 4) is 0 Å². The van der Waals surface area contributed by atoms with Crippen LogP contribution in [-0.2, 0) is 19.1 Å². The first-order valence-corrected chi connectivity index (χ1v) is 9.60. The van der Waals surface area contributed by atoms with Gasteiger partial charge in [-0.3, -0.25) is 9.59 Å². The third-order valence-corrected chi connectivity index (χ3v) is 4.71. The summed E-state index contributed by atoms with van der Waals surface area (Å²) in [7, 11) is 1.29. The smallest absolute Gasteiger partial charge is 0.329 e. The van der Waals surface area contributed by atoms with Crippen molar-refractivity contribution in [3.63, 3.8) is 0 Å². The van der Waals surface area contributed by atoms with Crippen LogP contribution in [0.15, 0.2) is 60.7 Å². The van der Waals surface area contributed by atoms with Gasteiger partial charge in [0.05, 0.1) is 7.11 Å². The van der Waals surface area contributed by atoms with E-state index >= 15 is 0 Å². The molecule has 2 aromatic carbocycles.